The van der Waals surface area contributed by atoms with Crippen LogP contribution in [0, 0.1) is 5.92 Å². The lowest BCUT2D eigenvalue weighted by atomic mass is 9.94. The monoisotopic (exact) mass is 262 g/mol. The van der Waals surface area contributed by atoms with Gasteiger partial charge in [0.1, 0.15) is 0 Å². The van der Waals surface area contributed by atoms with E-state index in [0.29, 0.717) is 12.5 Å². The van der Waals surface area contributed by atoms with E-state index in [1.165, 1.54) is 25.5 Å². The highest BCUT2D eigenvalue weighted by Gasteiger charge is 2.25. The van der Waals surface area contributed by atoms with E-state index in [1.807, 2.05) is 0 Å². The molecule has 5 heteroatoms. The summed E-state index contributed by atoms with van der Waals surface area (Å²) in [4.78, 5) is 0. The van der Waals surface area contributed by atoms with Gasteiger partial charge in [0.25, 0.3) is 0 Å². The number of hydrogen-bond donors (Lipinski definition) is 1. The van der Waals surface area contributed by atoms with Crippen molar-refractivity contribution < 1.29 is 8.42 Å². The van der Waals surface area contributed by atoms with Crippen molar-refractivity contribution >= 4 is 10.0 Å². The van der Waals surface area contributed by atoms with Gasteiger partial charge in [0.05, 0.1) is 6.26 Å². The standard InChI is InChI=1S/C12H26N2O2S/c1-3-13-9-5-4-7-12-8-6-10-14(11-12)17(2,15)16/h12-13H,3-11H2,1-2H3. The SMILES string of the molecule is CCNCCCCC1CCCN(S(C)(=O)=O)C1. The average Bonchev–Trinajstić information content (AvgIpc) is 2.28. The molecule has 0 aromatic heterocycles. The van der Waals surface area contributed by atoms with E-state index in [2.05, 4.69) is 12.2 Å². The third kappa shape index (κ3) is 5.84. The molecule has 17 heavy (non-hydrogen) atoms. The molecule has 1 atom stereocenters. The van der Waals surface area contributed by atoms with Crippen LogP contribution in [-0.4, -0.2) is 45.2 Å². The van der Waals surface area contributed by atoms with Crippen LogP contribution in [0.2, 0.25) is 0 Å². The summed E-state index contributed by atoms with van der Waals surface area (Å²) in [5.41, 5.74) is 0. The van der Waals surface area contributed by atoms with Crippen molar-refractivity contribution in [1.29, 1.82) is 0 Å². The summed E-state index contributed by atoms with van der Waals surface area (Å²) in [5.74, 6) is 0.570. The topological polar surface area (TPSA) is 49.4 Å². The molecule has 1 N–H and O–H groups in total. The summed E-state index contributed by atoms with van der Waals surface area (Å²) in [6, 6.07) is 0. The first kappa shape index (κ1) is 14.9. The minimum absolute atomic E-state index is 0.570. The maximum atomic E-state index is 11.5. The Morgan fingerprint density at radius 2 is 2.12 bits per heavy atom. The first-order chi connectivity index (χ1) is 8.04. The van der Waals surface area contributed by atoms with Gasteiger partial charge in [-0.1, -0.05) is 13.3 Å². The van der Waals surface area contributed by atoms with Gasteiger partial charge in [0.2, 0.25) is 10.0 Å². The lowest BCUT2D eigenvalue weighted by Gasteiger charge is -2.30. The number of nitrogens with zero attached hydrogens (tertiary/aromatic N) is 1. The van der Waals surface area contributed by atoms with E-state index in [1.54, 1.807) is 4.31 Å². The van der Waals surface area contributed by atoms with Gasteiger partial charge in [-0.25, -0.2) is 12.7 Å². The minimum Gasteiger partial charge on any atom is -0.317 e. The highest BCUT2D eigenvalue weighted by atomic mass is 32.2. The number of unbranched alkanes of at least 4 members (excludes halogenated alkanes) is 1. The molecule has 0 aliphatic carbocycles. The van der Waals surface area contributed by atoms with Crippen LogP contribution >= 0.6 is 0 Å². The van der Waals surface area contributed by atoms with Crippen LogP contribution in [0.15, 0.2) is 0 Å². The van der Waals surface area contributed by atoms with E-state index in [9.17, 15) is 8.42 Å². The number of hydrogen-bond acceptors (Lipinski definition) is 3. The van der Waals surface area contributed by atoms with Crippen LogP contribution in [0.4, 0.5) is 0 Å². The zero-order valence-corrected chi connectivity index (χ0v) is 11.9. The Bertz CT molecular complexity index is 304. The van der Waals surface area contributed by atoms with E-state index >= 15 is 0 Å². The van der Waals surface area contributed by atoms with Gasteiger partial charge in [-0.15, -0.1) is 0 Å². The largest absolute Gasteiger partial charge is 0.317 e. The van der Waals surface area contributed by atoms with Crippen molar-refractivity contribution in [2.75, 3.05) is 32.4 Å². The Balaban J connectivity index is 2.21. The molecule has 4 nitrogen and oxygen atoms in total. The fourth-order valence-electron chi connectivity index (χ4n) is 2.42. The summed E-state index contributed by atoms with van der Waals surface area (Å²) >= 11 is 0. The smallest absolute Gasteiger partial charge is 0.211 e. The molecule has 0 amide bonds. The number of nitrogens with one attached hydrogen (secondary N) is 1. The summed E-state index contributed by atoms with van der Waals surface area (Å²) < 4.78 is 24.6. The van der Waals surface area contributed by atoms with E-state index in [-0.39, 0.29) is 0 Å². The molecule has 1 aliphatic heterocycles. The molecule has 1 aliphatic rings. The van der Waals surface area contributed by atoms with Crippen molar-refractivity contribution in [2.45, 2.75) is 39.0 Å². The highest BCUT2D eigenvalue weighted by Crippen LogP contribution is 2.22. The lowest BCUT2D eigenvalue weighted by Crippen LogP contribution is -2.39. The van der Waals surface area contributed by atoms with Crippen LogP contribution in [0.5, 0.6) is 0 Å². The molecule has 1 rings (SSSR count). The van der Waals surface area contributed by atoms with Crippen LogP contribution in [0.1, 0.15) is 39.0 Å². The molecule has 0 aromatic carbocycles. The zero-order chi connectivity index (χ0) is 12.7. The quantitative estimate of drug-likeness (QED) is 0.706. The fraction of sp³-hybridized carbons (Fsp3) is 1.00. The predicted molar refractivity (Wildman–Crippen MR) is 71.5 cm³/mol. The Morgan fingerprint density at radius 3 is 2.76 bits per heavy atom. The van der Waals surface area contributed by atoms with Crippen LogP contribution in [0.25, 0.3) is 0 Å². The molecule has 1 unspecified atom stereocenters. The first-order valence-corrected chi connectivity index (χ1v) is 8.54. The van der Waals surface area contributed by atoms with Crippen molar-refractivity contribution in [3.05, 3.63) is 0 Å². The molecular formula is C12H26N2O2S. The van der Waals surface area contributed by atoms with Crippen molar-refractivity contribution in [3.63, 3.8) is 0 Å². The Hall–Kier alpha value is -0.130. The summed E-state index contributed by atoms with van der Waals surface area (Å²) in [6.45, 7) is 5.68. The Kier molecular flexibility index (Phi) is 6.44. The molecule has 1 fully saturated rings. The Labute approximate surface area is 106 Å². The molecule has 0 saturated carbocycles. The second kappa shape index (κ2) is 7.34. The van der Waals surface area contributed by atoms with Crippen molar-refractivity contribution in [3.8, 4) is 0 Å². The van der Waals surface area contributed by atoms with E-state index in [4.69, 9.17) is 0 Å². The second-order valence-corrected chi connectivity index (χ2v) is 6.96. The zero-order valence-electron chi connectivity index (χ0n) is 11.1. The van der Waals surface area contributed by atoms with Crippen LogP contribution < -0.4 is 5.32 Å². The third-order valence-corrected chi connectivity index (χ3v) is 4.69. The molecule has 0 spiro atoms. The minimum atomic E-state index is -2.98. The summed E-state index contributed by atoms with van der Waals surface area (Å²) in [7, 11) is -2.98. The van der Waals surface area contributed by atoms with E-state index < -0.39 is 10.0 Å². The molecular weight excluding hydrogens is 236 g/mol. The normalized spacial score (nSPS) is 22.8. The molecule has 0 aromatic rings. The number of rotatable bonds is 7. The van der Waals surface area contributed by atoms with E-state index in [0.717, 1.165) is 32.5 Å². The van der Waals surface area contributed by atoms with Gasteiger partial charge in [-0.2, -0.15) is 0 Å². The lowest BCUT2D eigenvalue weighted by molar-refractivity contribution is 0.252. The van der Waals surface area contributed by atoms with Gasteiger partial charge in [-0.3, -0.25) is 0 Å². The van der Waals surface area contributed by atoms with Crippen molar-refractivity contribution in [1.82, 2.24) is 9.62 Å². The average molecular weight is 262 g/mol. The number of piperidine rings is 1. The van der Waals surface area contributed by atoms with Crippen LogP contribution in [-0.2, 0) is 10.0 Å². The van der Waals surface area contributed by atoms with Crippen LogP contribution in [0.3, 0.4) is 0 Å². The van der Waals surface area contributed by atoms with Gasteiger partial charge in [0, 0.05) is 13.1 Å². The molecule has 102 valence electrons. The maximum absolute atomic E-state index is 11.5. The first-order valence-electron chi connectivity index (χ1n) is 6.70. The second-order valence-electron chi connectivity index (χ2n) is 4.98. The fourth-order valence-corrected chi connectivity index (χ4v) is 3.37. The van der Waals surface area contributed by atoms with Crippen molar-refractivity contribution in [2.24, 2.45) is 5.92 Å². The summed E-state index contributed by atoms with van der Waals surface area (Å²) in [5, 5.41) is 3.31. The molecule has 1 saturated heterocycles. The van der Waals surface area contributed by atoms with Gasteiger partial charge in [0.15, 0.2) is 0 Å². The number of sulfonamides is 1. The highest BCUT2D eigenvalue weighted by molar-refractivity contribution is 7.88. The maximum Gasteiger partial charge on any atom is 0.211 e. The predicted octanol–water partition coefficient (Wildman–Crippen LogP) is 1.44. The Morgan fingerprint density at radius 1 is 1.35 bits per heavy atom. The van der Waals surface area contributed by atoms with Gasteiger partial charge in [-0.05, 0) is 44.7 Å². The third-order valence-electron chi connectivity index (χ3n) is 3.42. The molecule has 1 heterocycles. The van der Waals surface area contributed by atoms with Gasteiger partial charge >= 0.3 is 0 Å². The van der Waals surface area contributed by atoms with Gasteiger partial charge < -0.3 is 5.32 Å². The summed E-state index contributed by atoms with van der Waals surface area (Å²) in [6.07, 6.45) is 7.09. The molecule has 0 radical (unpaired) electrons. The molecule has 0 bridgehead atoms.